The first-order chi connectivity index (χ1) is 5.36. The third kappa shape index (κ3) is 1.60. The zero-order valence-corrected chi connectivity index (χ0v) is 7.66. The maximum Gasteiger partial charge on any atom is 0.0703 e. The predicted molar refractivity (Wildman–Crippen MR) is 49.1 cm³/mol. The third-order valence-corrected chi connectivity index (χ3v) is 3.34. The van der Waals surface area contributed by atoms with Gasteiger partial charge in [-0.15, -0.1) is 0 Å². The summed E-state index contributed by atoms with van der Waals surface area (Å²) in [6.45, 7) is 4.53. The Labute approximate surface area is 72.2 Å². The summed E-state index contributed by atoms with van der Waals surface area (Å²) in [6.07, 6.45) is 3.28. The average molecular weight is 170 g/mol. The van der Waals surface area contributed by atoms with Crippen LogP contribution in [0.3, 0.4) is 0 Å². The van der Waals surface area contributed by atoms with E-state index in [0.717, 1.165) is 6.54 Å². The van der Waals surface area contributed by atoms with Gasteiger partial charge in [0.1, 0.15) is 0 Å². The molecule has 2 heterocycles. The molecule has 0 aromatic carbocycles. The fourth-order valence-corrected chi connectivity index (χ4v) is 2.57. The number of nitrogens with zero attached hydrogens (tertiary/aromatic N) is 1. The van der Waals surface area contributed by atoms with E-state index < -0.39 is 0 Å². The minimum atomic E-state index is 0.633. The molecule has 0 spiro atoms. The fourth-order valence-electron chi connectivity index (χ4n) is 1.57. The Morgan fingerprint density at radius 2 is 2.64 bits per heavy atom. The Balaban J connectivity index is 1.88. The van der Waals surface area contributed by atoms with Crippen LogP contribution in [0.2, 0.25) is 0 Å². The molecule has 0 aromatic rings. The molecule has 0 aromatic heterocycles. The highest BCUT2D eigenvalue weighted by atomic mass is 32.2. The fraction of sp³-hybridized carbons (Fsp3) is 0.750. The second-order valence-corrected chi connectivity index (χ2v) is 4.17. The molecule has 1 saturated heterocycles. The number of hydrogen-bond donors (Lipinski definition) is 1. The second kappa shape index (κ2) is 3.17. The van der Waals surface area contributed by atoms with Gasteiger partial charge in [-0.05, 0) is 43.7 Å². The molecule has 2 nitrogen and oxygen atoms in total. The molecule has 0 bridgehead atoms. The van der Waals surface area contributed by atoms with Crippen molar-refractivity contribution in [2.75, 3.05) is 13.1 Å². The summed E-state index contributed by atoms with van der Waals surface area (Å²) in [7, 11) is 0. The number of rotatable bonds is 1. The van der Waals surface area contributed by atoms with Crippen LogP contribution in [0.1, 0.15) is 19.8 Å². The van der Waals surface area contributed by atoms with E-state index in [0.29, 0.717) is 6.17 Å². The van der Waals surface area contributed by atoms with Gasteiger partial charge in [0.2, 0.25) is 0 Å². The average Bonchev–Trinajstić information content (AvgIpc) is 2.55. The van der Waals surface area contributed by atoms with E-state index in [2.05, 4.69) is 22.0 Å². The molecule has 2 aliphatic rings. The summed E-state index contributed by atoms with van der Waals surface area (Å²) in [5, 5.41) is 5.74. The summed E-state index contributed by atoms with van der Waals surface area (Å²) in [6, 6.07) is 0. The summed E-state index contributed by atoms with van der Waals surface area (Å²) in [4.78, 5) is 0. The molecule has 0 saturated carbocycles. The molecule has 2 aliphatic heterocycles. The van der Waals surface area contributed by atoms with Crippen LogP contribution in [-0.4, -0.2) is 23.6 Å². The quantitative estimate of drug-likeness (QED) is 0.601. The maximum absolute atomic E-state index is 3.49. The Kier molecular flexibility index (Phi) is 2.20. The first kappa shape index (κ1) is 7.65. The van der Waals surface area contributed by atoms with Crippen LogP contribution >= 0.6 is 11.9 Å². The molecule has 0 amide bonds. The van der Waals surface area contributed by atoms with Crippen LogP contribution in [0.15, 0.2) is 11.0 Å². The van der Waals surface area contributed by atoms with Gasteiger partial charge in [-0.2, -0.15) is 0 Å². The zero-order valence-electron chi connectivity index (χ0n) is 6.84. The van der Waals surface area contributed by atoms with Crippen LogP contribution in [0.5, 0.6) is 0 Å². The van der Waals surface area contributed by atoms with Crippen molar-refractivity contribution in [2.24, 2.45) is 0 Å². The summed E-state index contributed by atoms with van der Waals surface area (Å²) >= 11 is 1.86. The van der Waals surface area contributed by atoms with Crippen molar-refractivity contribution in [3.05, 3.63) is 11.0 Å². The molecular formula is C8H14N2S. The van der Waals surface area contributed by atoms with Crippen molar-refractivity contribution in [1.82, 2.24) is 9.62 Å². The molecular weight excluding hydrogens is 156 g/mol. The Morgan fingerprint density at radius 1 is 1.73 bits per heavy atom. The second-order valence-electron chi connectivity index (χ2n) is 3.26. The van der Waals surface area contributed by atoms with Gasteiger partial charge in [0, 0.05) is 6.54 Å². The number of nitrogens with one attached hydrogen (secondary N) is 1. The van der Waals surface area contributed by atoms with Gasteiger partial charge in [0.05, 0.1) is 6.17 Å². The Hall–Kier alpha value is 0.01000. The minimum Gasteiger partial charge on any atom is -0.301 e. The lowest BCUT2D eigenvalue weighted by atomic mass is 10.3. The first-order valence-electron chi connectivity index (χ1n) is 4.19. The highest BCUT2D eigenvalue weighted by molar-refractivity contribution is 8.00. The van der Waals surface area contributed by atoms with E-state index in [-0.39, 0.29) is 0 Å². The topological polar surface area (TPSA) is 15.3 Å². The van der Waals surface area contributed by atoms with Gasteiger partial charge in [-0.3, -0.25) is 0 Å². The van der Waals surface area contributed by atoms with Gasteiger partial charge in [0.15, 0.2) is 0 Å². The van der Waals surface area contributed by atoms with E-state index in [1.807, 2.05) is 11.9 Å². The molecule has 3 heteroatoms. The maximum atomic E-state index is 3.49. The SMILES string of the molecule is CC1=CSN([C@H]2CCCN2)C1. The highest BCUT2D eigenvalue weighted by Crippen LogP contribution is 2.28. The molecule has 62 valence electrons. The van der Waals surface area contributed by atoms with Crippen molar-refractivity contribution in [3.63, 3.8) is 0 Å². The minimum absolute atomic E-state index is 0.633. The Morgan fingerprint density at radius 3 is 3.18 bits per heavy atom. The Bertz CT molecular complexity index is 173. The van der Waals surface area contributed by atoms with E-state index >= 15 is 0 Å². The lowest BCUT2D eigenvalue weighted by Gasteiger charge is -2.21. The molecule has 2 rings (SSSR count). The molecule has 1 N–H and O–H groups in total. The van der Waals surface area contributed by atoms with Crippen LogP contribution in [0.25, 0.3) is 0 Å². The van der Waals surface area contributed by atoms with Crippen molar-refractivity contribution in [1.29, 1.82) is 0 Å². The molecule has 0 radical (unpaired) electrons. The van der Waals surface area contributed by atoms with Crippen LogP contribution < -0.4 is 5.32 Å². The molecule has 1 atom stereocenters. The lowest BCUT2D eigenvalue weighted by molar-refractivity contribution is 0.356. The molecule has 0 aliphatic carbocycles. The standard InChI is InChI=1S/C8H14N2S/c1-7-5-10(11-6-7)8-3-2-4-9-8/h6,8-9H,2-5H2,1H3/t8-/m0/s1. The smallest absolute Gasteiger partial charge is 0.0703 e. The van der Waals surface area contributed by atoms with E-state index in [9.17, 15) is 0 Å². The van der Waals surface area contributed by atoms with Gasteiger partial charge >= 0.3 is 0 Å². The van der Waals surface area contributed by atoms with Gasteiger partial charge in [-0.25, -0.2) is 4.31 Å². The van der Waals surface area contributed by atoms with Crippen LogP contribution in [0.4, 0.5) is 0 Å². The van der Waals surface area contributed by atoms with E-state index in [1.54, 1.807) is 0 Å². The summed E-state index contributed by atoms with van der Waals surface area (Å²) in [5.74, 6) is 0. The van der Waals surface area contributed by atoms with Crippen LogP contribution in [-0.2, 0) is 0 Å². The first-order valence-corrected chi connectivity index (χ1v) is 5.02. The monoisotopic (exact) mass is 170 g/mol. The summed E-state index contributed by atoms with van der Waals surface area (Å²) in [5.41, 5.74) is 1.49. The highest BCUT2D eigenvalue weighted by Gasteiger charge is 2.24. The molecule has 11 heavy (non-hydrogen) atoms. The zero-order chi connectivity index (χ0) is 7.68. The van der Waals surface area contributed by atoms with E-state index in [1.165, 1.54) is 25.0 Å². The molecule has 1 fully saturated rings. The normalized spacial score (nSPS) is 32.8. The van der Waals surface area contributed by atoms with Crippen molar-refractivity contribution in [3.8, 4) is 0 Å². The third-order valence-electron chi connectivity index (χ3n) is 2.18. The predicted octanol–water partition coefficient (Wildman–Crippen LogP) is 1.56. The van der Waals surface area contributed by atoms with E-state index in [4.69, 9.17) is 0 Å². The van der Waals surface area contributed by atoms with Crippen LogP contribution in [0, 0.1) is 0 Å². The van der Waals surface area contributed by atoms with Gasteiger partial charge in [-0.1, -0.05) is 5.57 Å². The van der Waals surface area contributed by atoms with Gasteiger partial charge in [0.25, 0.3) is 0 Å². The largest absolute Gasteiger partial charge is 0.301 e. The van der Waals surface area contributed by atoms with Crippen molar-refractivity contribution < 1.29 is 0 Å². The number of hydrogen-bond acceptors (Lipinski definition) is 3. The lowest BCUT2D eigenvalue weighted by Crippen LogP contribution is -2.36. The molecule has 0 unspecified atom stereocenters. The summed E-state index contributed by atoms with van der Waals surface area (Å²) < 4.78 is 2.43. The van der Waals surface area contributed by atoms with Crippen molar-refractivity contribution in [2.45, 2.75) is 25.9 Å². The van der Waals surface area contributed by atoms with Crippen molar-refractivity contribution >= 4 is 11.9 Å². The van der Waals surface area contributed by atoms with Gasteiger partial charge < -0.3 is 5.32 Å².